The fourth-order valence-electron chi connectivity index (χ4n) is 1.23. The highest BCUT2D eigenvalue weighted by molar-refractivity contribution is 9.10. The molecule has 0 amide bonds. The van der Waals surface area contributed by atoms with Crippen LogP contribution in [0.2, 0.25) is 0 Å². The van der Waals surface area contributed by atoms with Crippen LogP contribution in [0.15, 0.2) is 21.5 Å². The fourth-order valence-corrected chi connectivity index (χ4v) is 2.99. The highest BCUT2D eigenvalue weighted by Gasteiger charge is 2.26. The topological polar surface area (TPSA) is 63.4 Å². The van der Waals surface area contributed by atoms with Gasteiger partial charge in [-0.15, -0.1) is 0 Å². The second kappa shape index (κ2) is 5.45. The Hall–Kier alpha value is -0.800. The van der Waals surface area contributed by atoms with E-state index in [0.717, 1.165) is 19.2 Å². The molecule has 0 saturated carbocycles. The van der Waals surface area contributed by atoms with Crippen molar-refractivity contribution in [2.24, 2.45) is 0 Å². The third-order valence-corrected chi connectivity index (χ3v) is 4.62. The van der Waals surface area contributed by atoms with Gasteiger partial charge in [-0.1, -0.05) is 0 Å². The van der Waals surface area contributed by atoms with Crippen LogP contribution >= 0.6 is 15.9 Å². The van der Waals surface area contributed by atoms with Gasteiger partial charge in [0.25, 0.3) is 6.43 Å². The maximum absolute atomic E-state index is 13.1. The molecule has 0 unspecified atom stereocenters. The van der Waals surface area contributed by atoms with Crippen LogP contribution in [0.1, 0.15) is 0 Å². The minimum absolute atomic E-state index is 0.110. The molecule has 2 N–H and O–H groups in total. The summed E-state index contributed by atoms with van der Waals surface area (Å²) in [6, 6.07) is 1.76. The van der Waals surface area contributed by atoms with E-state index in [-0.39, 0.29) is 10.2 Å². The Morgan fingerprint density at radius 3 is 2.50 bits per heavy atom. The van der Waals surface area contributed by atoms with Crippen LogP contribution in [0.5, 0.6) is 0 Å². The van der Waals surface area contributed by atoms with E-state index in [9.17, 15) is 21.6 Å². The normalized spacial score (nSPS) is 12.4. The molecule has 0 atom stereocenters. The van der Waals surface area contributed by atoms with Crippen molar-refractivity contribution in [1.82, 2.24) is 4.31 Å². The summed E-state index contributed by atoms with van der Waals surface area (Å²) in [5, 5.41) is 0. The molecule has 1 rings (SSSR count). The number of nitrogens with two attached hydrogens (primary N) is 1. The first kappa shape index (κ1) is 15.3. The maximum Gasteiger partial charge on any atom is 0.252 e. The van der Waals surface area contributed by atoms with Gasteiger partial charge in [-0.3, -0.25) is 0 Å². The number of rotatable bonds is 4. The molecular formula is C9H10BrF3N2O2S. The third-order valence-electron chi connectivity index (χ3n) is 2.14. The van der Waals surface area contributed by atoms with Gasteiger partial charge in [0, 0.05) is 7.05 Å². The summed E-state index contributed by atoms with van der Waals surface area (Å²) in [5.41, 5.74) is 5.05. The van der Waals surface area contributed by atoms with Crippen LogP contribution < -0.4 is 5.73 Å². The molecule has 4 nitrogen and oxygen atoms in total. The summed E-state index contributed by atoms with van der Waals surface area (Å²) in [6.45, 7) is -0.962. The van der Waals surface area contributed by atoms with Gasteiger partial charge in [-0.05, 0) is 28.1 Å². The van der Waals surface area contributed by atoms with Gasteiger partial charge in [-0.25, -0.2) is 21.6 Å². The molecule has 0 spiro atoms. The third kappa shape index (κ3) is 3.15. The smallest absolute Gasteiger partial charge is 0.252 e. The molecule has 18 heavy (non-hydrogen) atoms. The van der Waals surface area contributed by atoms with Gasteiger partial charge < -0.3 is 5.73 Å². The number of alkyl halides is 2. The molecule has 0 fully saturated rings. The molecule has 0 radical (unpaired) electrons. The molecule has 102 valence electrons. The largest absolute Gasteiger partial charge is 0.398 e. The van der Waals surface area contributed by atoms with Crippen LogP contribution in [-0.2, 0) is 10.0 Å². The van der Waals surface area contributed by atoms with Crippen molar-refractivity contribution in [3.8, 4) is 0 Å². The lowest BCUT2D eigenvalue weighted by Crippen LogP contribution is -2.31. The Labute approximate surface area is 111 Å². The minimum atomic E-state index is -4.17. The standard InChI is InChI=1S/C9H10BrF3N2O2S/c1-15(4-9(12)13)18(16,17)8-2-5(10)6(11)3-7(8)14/h2-3,9H,4,14H2,1H3. The molecule has 0 bridgehead atoms. The summed E-state index contributed by atoms with van der Waals surface area (Å²) in [4.78, 5) is -0.418. The maximum atomic E-state index is 13.1. The zero-order chi connectivity index (χ0) is 14.1. The predicted molar refractivity (Wildman–Crippen MR) is 64.3 cm³/mol. The second-order valence-electron chi connectivity index (χ2n) is 3.48. The lowest BCUT2D eigenvalue weighted by molar-refractivity contribution is 0.126. The summed E-state index contributed by atoms with van der Waals surface area (Å²) >= 11 is 2.81. The van der Waals surface area contributed by atoms with Crippen molar-refractivity contribution in [1.29, 1.82) is 0 Å². The Morgan fingerprint density at radius 1 is 1.44 bits per heavy atom. The number of sulfonamides is 1. The van der Waals surface area contributed by atoms with E-state index >= 15 is 0 Å². The molecule has 0 aliphatic rings. The Balaban J connectivity index is 3.24. The van der Waals surface area contributed by atoms with E-state index in [4.69, 9.17) is 5.73 Å². The van der Waals surface area contributed by atoms with E-state index in [1.54, 1.807) is 0 Å². The number of nitrogen functional groups attached to an aromatic ring is 1. The first-order valence-corrected chi connectivity index (χ1v) is 6.88. The number of benzene rings is 1. The van der Waals surface area contributed by atoms with Crippen molar-refractivity contribution >= 4 is 31.6 Å². The molecule has 1 aromatic rings. The number of nitrogens with zero attached hydrogens (tertiary/aromatic N) is 1. The lowest BCUT2D eigenvalue weighted by atomic mass is 10.3. The van der Waals surface area contributed by atoms with Crippen LogP contribution in [-0.4, -0.2) is 32.7 Å². The van der Waals surface area contributed by atoms with E-state index in [2.05, 4.69) is 15.9 Å². The van der Waals surface area contributed by atoms with Crippen molar-refractivity contribution in [3.05, 3.63) is 22.4 Å². The summed E-state index contributed by atoms with van der Waals surface area (Å²) in [6.07, 6.45) is -2.81. The van der Waals surface area contributed by atoms with E-state index in [1.165, 1.54) is 0 Å². The van der Waals surface area contributed by atoms with E-state index < -0.39 is 33.7 Å². The van der Waals surface area contributed by atoms with Crippen LogP contribution in [0.4, 0.5) is 18.9 Å². The van der Waals surface area contributed by atoms with Gasteiger partial charge >= 0.3 is 0 Å². The molecule has 0 saturated heterocycles. The van der Waals surface area contributed by atoms with Crippen LogP contribution in [0.3, 0.4) is 0 Å². The Bertz CT molecular complexity index is 551. The van der Waals surface area contributed by atoms with Gasteiger partial charge in [-0.2, -0.15) is 4.31 Å². The zero-order valence-corrected chi connectivity index (χ0v) is 11.6. The monoisotopic (exact) mass is 346 g/mol. The van der Waals surface area contributed by atoms with Crippen molar-refractivity contribution in [2.45, 2.75) is 11.3 Å². The number of hydrogen-bond donors (Lipinski definition) is 1. The van der Waals surface area contributed by atoms with Crippen molar-refractivity contribution in [3.63, 3.8) is 0 Å². The SMILES string of the molecule is CN(CC(F)F)S(=O)(=O)c1cc(Br)c(F)cc1N. The molecule has 0 aliphatic carbocycles. The van der Waals surface area contributed by atoms with Crippen molar-refractivity contribution in [2.75, 3.05) is 19.3 Å². The number of halogens is 4. The average Bonchev–Trinajstić information content (AvgIpc) is 2.22. The number of anilines is 1. The first-order chi connectivity index (χ1) is 8.16. The summed E-state index contributed by atoms with van der Waals surface area (Å²) in [7, 11) is -3.17. The van der Waals surface area contributed by atoms with Crippen LogP contribution in [0, 0.1) is 5.82 Å². The molecule has 9 heteroatoms. The molecule has 0 heterocycles. The highest BCUT2D eigenvalue weighted by atomic mass is 79.9. The minimum Gasteiger partial charge on any atom is -0.398 e. The first-order valence-electron chi connectivity index (χ1n) is 4.65. The van der Waals surface area contributed by atoms with Gasteiger partial charge in [0.2, 0.25) is 10.0 Å². The molecule has 0 aliphatic heterocycles. The van der Waals surface area contributed by atoms with Gasteiger partial charge in [0.1, 0.15) is 10.7 Å². The Kier molecular flexibility index (Phi) is 4.62. The summed E-state index contributed by atoms with van der Waals surface area (Å²) in [5.74, 6) is -0.733. The van der Waals surface area contributed by atoms with Crippen molar-refractivity contribution < 1.29 is 21.6 Å². The van der Waals surface area contributed by atoms with Gasteiger partial charge in [0.15, 0.2) is 0 Å². The predicted octanol–water partition coefficient (Wildman–Crippen LogP) is 2.06. The quantitative estimate of drug-likeness (QED) is 0.848. The average molecular weight is 347 g/mol. The van der Waals surface area contributed by atoms with Crippen LogP contribution in [0.25, 0.3) is 0 Å². The lowest BCUT2D eigenvalue weighted by Gasteiger charge is -2.18. The highest BCUT2D eigenvalue weighted by Crippen LogP contribution is 2.28. The zero-order valence-electron chi connectivity index (χ0n) is 9.20. The Morgan fingerprint density at radius 2 is 2.00 bits per heavy atom. The molecular weight excluding hydrogens is 337 g/mol. The fraction of sp³-hybridized carbons (Fsp3) is 0.333. The van der Waals surface area contributed by atoms with Gasteiger partial charge in [0.05, 0.1) is 16.7 Å². The second-order valence-corrected chi connectivity index (χ2v) is 6.35. The summed E-state index contributed by atoms with van der Waals surface area (Å²) < 4.78 is 61.6. The molecule has 0 aromatic heterocycles. The molecule has 1 aromatic carbocycles. The number of hydrogen-bond acceptors (Lipinski definition) is 3. The van der Waals surface area contributed by atoms with E-state index in [1.807, 2.05) is 0 Å². The van der Waals surface area contributed by atoms with E-state index in [0.29, 0.717) is 4.31 Å².